The number of para-hydroxylation sites is 1. The van der Waals surface area contributed by atoms with Crippen LogP contribution in [0.3, 0.4) is 0 Å². The fourth-order valence-corrected chi connectivity index (χ4v) is 4.67. The molecule has 0 bridgehead atoms. The predicted molar refractivity (Wildman–Crippen MR) is 140 cm³/mol. The van der Waals surface area contributed by atoms with Crippen molar-refractivity contribution in [2.45, 2.75) is 36.8 Å². The van der Waals surface area contributed by atoms with Crippen LogP contribution in [0.5, 0.6) is 0 Å². The molecule has 0 radical (unpaired) electrons. The second kappa shape index (κ2) is 11.0. The molecule has 3 amide bonds. The van der Waals surface area contributed by atoms with Gasteiger partial charge < -0.3 is 10.6 Å². The number of carbonyl (C=O) groups is 3. The number of nitrogens with one attached hydrogen (secondary N) is 2. The molecule has 0 aliphatic carbocycles. The van der Waals surface area contributed by atoms with E-state index >= 15 is 0 Å². The van der Waals surface area contributed by atoms with Gasteiger partial charge in [0.2, 0.25) is 5.91 Å². The van der Waals surface area contributed by atoms with Crippen LogP contribution in [0, 0.1) is 6.92 Å². The highest BCUT2D eigenvalue weighted by atomic mass is 32.2. The molecular weight excluding hydrogens is 460 g/mol. The number of benzene rings is 3. The molecule has 2 N–H and O–H groups in total. The molecule has 4 rings (SSSR count). The highest BCUT2D eigenvalue weighted by Gasteiger charge is 2.28. The minimum Gasteiger partial charge on any atom is -0.322 e. The van der Waals surface area contributed by atoms with E-state index < -0.39 is 0 Å². The van der Waals surface area contributed by atoms with Crippen LogP contribution < -0.4 is 15.6 Å². The lowest BCUT2D eigenvalue weighted by Gasteiger charge is -2.15. The Morgan fingerprint density at radius 1 is 1.00 bits per heavy atom. The average molecular weight is 487 g/mol. The molecule has 1 heterocycles. The number of aryl methyl sites for hydroxylation is 1. The van der Waals surface area contributed by atoms with Crippen molar-refractivity contribution in [1.29, 1.82) is 0 Å². The predicted octanol–water partition coefficient (Wildman–Crippen LogP) is 4.98. The van der Waals surface area contributed by atoms with Gasteiger partial charge in [-0.15, -0.1) is 11.8 Å². The first-order chi connectivity index (χ1) is 16.9. The first kappa shape index (κ1) is 24.2. The van der Waals surface area contributed by atoms with Gasteiger partial charge in [-0.1, -0.05) is 49.4 Å². The number of hydrogen-bond donors (Lipinski definition) is 2. The topological polar surface area (TPSA) is 90.9 Å². The van der Waals surface area contributed by atoms with E-state index in [1.165, 1.54) is 16.8 Å². The summed E-state index contributed by atoms with van der Waals surface area (Å²) in [5.41, 5.74) is 2.83. The number of anilines is 2. The maximum atomic E-state index is 13.0. The lowest BCUT2D eigenvalue weighted by molar-refractivity contribution is -0.119. The molecule has 178 valence electrons. The van der Waals surface area contributed by atoms with Crippen molar-refractivity contribution in [3.8, 4) is 0 Å². The standard InChI is InChI=1S/C27H26N4O3S/c1-3-23(27(34)29-24-17-25(32)31(30-24)20-12-5-4-6-13-20)35-21-14-9-11-19(16-21)28-26(33)22-15-8-7-10-18(22)2/h4-16,23H,3,17H2,1-2H3,(H,28,33)(H,29,30,34). The monoisotopic (exact) mass is 486 g/mol. The Balaban J connectivity index is 1.40. The molecule has 35 heavy (non-hydrogen) atoms. The molecule has 0 fully saturated rings. The first-order valence-electron chi connectivity index (χ1n) is 11.3. The Labute approximate surface area is 208 Å². The number of nitrogens with zero attached hydrogens (tertiary/aromatic N) is 2. The minimum atomic E-state index is -0.388. The van der Waals surface area contributed by atoms with E-state index in [0.717, 1.165) is 10.5 Å². The number of hydrogen-bond acceptors (Lipinski definition) is 5. The highest BCUT2D eigenvalue weighted by Crippen LogP contribution is 2.28. The summed E-state index contributed by atoms with van der Waals surface area (Å²) in [5.74, 6) is -0.248. The summed E-state index contributed by atoms with van der Waals surface area (Å²) in [6, 6.07) is 23.9. The lowest BCUT2D eigenvalue weighted by Crippen LogP contribution is -2.36. The quantitative estimate of drug-likeness (QED) is 0.461. The van der Waals surface area contributed by atoms with E-state index in [1.54, 1.807) is 18.2 Å². The van der Waals surface area contributed by atoms with E-state index in [9.17, 15) is 14.4 Å². The van der Waals surface area contributed by atoms with Crippen molar-refractivity contribution in [2.75, 3.05) is 10.3 Å². The molecule has 7 nitrogen and oxygen atoms in total. The van der Waals surface area contributed by atoms with Crippen LogP contribution in [0.1, 0.15) is 35.7 Å². The highest BCUT2D eigenvalue weighted by molar-refractivity contribution is 8.00. The van der Waals surface area contributed by atoms with E-state index in [4.69, 9.17) is 0 Å². The number of rotatable bonds is 7. The van der Waals surface area contributed by atoms with Crippen molar-refractivity contribution < 1.29 is 14.4 Å². The van der Waals surface area contributed by atoms with Crippen LogP contribution >= 0.6 is 11.8 Å². The van der Waals surface area contributed by atoms with Crippen molar-refractivity contribution in [1.82, 2.24) is 5.32 Å². The van der Waals surface area contributed by atoms with E-state index in [1.807, 2.05) is 74.5 Å². The second-order valence-electron chi connectivity index (χ2n) is 8.07. The zero-order valence-electron chi connectivity index (χ0n) is 19.5. The Bertz CT molecular complexity index is 1280. The molecule has 0 aromatic heterocycles. The van der Waals surface area contributed by atoms with E-state index in [2.05, 4.69) is 15.7 Å². The van der Waals surface area contributed by atoms with Gasteiger partial charge in [0, 0.05) is 16.1 Å². The summed E-state index contributed by atoms with van der Waals surface area (Å²) >= 11 is 1.40. The van der Waals surface area contributed by atoms with Gasteiger partial charge in [0.25, 0.3) is 11.8 Å². The van der Waals surface area contributed by atoms with Gasteiger partial charge in [-0.2, -0.15) is 10.1 Å². The maximum Gasteiger partial charge on any atom is 0.255 e. The second-order valence-corrected chi connectivity index (χ2v) is 9.34. The summed E-state index contributed by atoms with van der Waals surface area (Å²) < 4.78 is 0. The van der Waals surface area contributed by atoms with Gasteiger partial charge in [-0.25, -0.2) is 0 Å². The number of thioether (sulfide) groups is 1. The van der Waals surface area contributed by atoms with Crippen LogP contribution in [0.2, 0.25) is 0 Å². The zero-order valence-corrected chi connectivity index (χ0v) is 20.3. The van der Waals surface area contributed by atoms with Crippen molar-refractivity contribution in [3.63, 3.8) is 0 Å². The number of hydrazone groups is 1. The summed E-state index contributed by atoms with van der Waals surface area (Å²) in [6.45, 7) is 3.83. The molecule has 0 spiro atoms. The molecular formula is C27H26N4O3S. The summed E-state index contributed by atoms with van der Waals surface area (Å²) in [5, 5.41) is 11.0. The Morgan fingerprint density at radius 3 is 2.49 bits per heavy atom. The summed E-state index contributed by atoms with van der Waals surface area (Å²) in [4.78, 5) is 38.8. The van der Waals surface area contributed by atoms with E-state index in [-0.39, 0.29) is 29.4 Å². The number of carbonyl (C=O) groups excluding carboxylic acids is 3. The van der Waals surface area contributed by atoms with Crippen LogP contribution in [-0.2, 0) is 9.59 Å². The molecule has 8 heteroatoms. The van der Waals surface area contributed by atoms with Gasteiger partial charge in [0.05, 0.1) is 17.4 Å². The summed E-state index contributed by atoms with van der Waals surface area (Å²) in [7, 11) is 0. The molecule has 1 unspecified atom stereocenters. The van der Waals surface area contributed by atoms with E-state index in [0.29, 0.717) is 29.2 Å². The van der Waals surface area contributed by atoms with Gasteiger partial charge in [0.15, 0.2) is 0 Å². The third-order valence-electron chi connectivity index (χ3n) is 5.47. The number of amidine groups is 1. The third-order valence-corrected chi connectivity index (χ3v) is 6.83. The van der Waals surface area contributed by atoms with Gasteiger partial charge >= 0.3 is 0 Å². The largest absolute Gasteiger partial charge is 0.322 e. The molecule has 1 aliphatic rings. The molecule has 0 saturated carbocycles. The van der Waals surface area contributed by atoms with Crippen molar-refractivity contribution >= 4 is 46.7 Å². The Morgan fingerprint density at radius 2 is 1.74 bits per heavy atom. The molecule has 3 aromatic rings. The van der Waals surface area contributed by atoms with Crippen molar-refractivity contribution in [2.24, 2.45) is 5.10 Å². The Kier molecular flexibility index (Phi) is 7.62. The minimum absolute atomic E-state index is 0.0438. The van der Waals surface area contributed by atoms with Crippen molar-refractivity contribution in [3.05, 3.63) is 90.0 Å². The Hall–Kier alpha value is -3.91. The first-order valence-corrected chi connectivity index (χ1v) is 12.2. The molecule has 0 saturated heterocycles. The van der Waals surface area contributed by atoms with Crippen LogP contribution in [-0.4, -0.2) is 28.8 Å². The smallest absolute Gasteiger partial charge is 0.255 e. The van der Waals surface area contributed by atoms with Crippen LogP contribution in [0.15, 0.2) is 88.9 Å². The third kappa shape index (κ3) is 5.96. The normalized spacial score (nSPS) is 13.8. The van der Waals surface area contributed by atoms with Crippen LogP contribution in [0.25, 0.3) is 0 Å². The average Bonchev–Trinajstić information content (AvgIpc) is 3.23. The lowest BCUT2D eigenvalue weighted by atomic mass is 10.1. The molecule has 1 atom stereocenters. The van der Waals surface area contributed by atoms with Crippen LogP contribution in [0.4, 0.5) is 11.4 Å². The molecule has 1 aliphatic heterocycles. The fraction of sp³-hybridized carbons (Fsp3) is 0.185. The zero-order chi connectivity index (χ0) is 24.8. The number of amides is 3. The van der Waals surface area contributed by atoms with Gasteiger partial charge in [0.1, 0.15) is 5.84 Å². The maximum absolute atomic E-state index is 13.0. The molecule has 3 aromatic carbocycles. The van der Waals surface area contributed by atoms with Gasteiger partial charge in [-0.05, 0) is 55.3 Å². The fourth-order valence-electron chi connectivity index (χ4n) is 3.65. The summed E-state index contributed by atoms with van der Waals surface area (Å²) in [6.07, 6.45) is 0.627. The van der Waals surface area contributed by atoms with Gasteiger partial charge in [-0.3, -0.25) is 14.4 Å². The SMILES string of the molecule is CCC(Sc1cccc(NC(=O)c2ccccc2C)c1)C(=O)NC1=NN(c2ccccc2)C(=O)C1.